The van der Waals surface area contributed by atoms with Crippen LogP contribution >= 0.6 is 0 Å². The Bertz CT molecular complexity index is 1640. The van der Waals surface area contributed by atoms with Gasteiger partial charge in [0.1, 0.15) is 11.1 Å². The Labute approximate surface area is 231 Å². The largest absolute Gasteiger partial charge is 0.444 e. The van der Waals surface area contributed by atoms with Crippen LogP contribution in [0, 0.1) is 12.7 Å². The topological polar surface area (TPSA) is 105 Å². The molecule has 0 aliphatic carbocycles. The van der Waals surface area contributed by atoms with Crippen LogP contribution in [0.3, 0.4) is 0 Å². The van der Waals surface area contributed by atoms with Gasteiger partial charge in [0, 0.05) is 49.2 Å². The number of nitrogens with zero attached hydrogens (tertiary/aromatic N) is 6. The van der Waals surface area contributed by atoms with E-state index in [-0.39, 0.29) is 17.3 Å². The van der Waals surface area contributed by atoms with E-state index in [0.29, 0.717) is 29.0 Å². The van der Waals surface area contributed by atoms with E-state index < -0.39 is 17.3 Å². The van der Waals surface area contributed by atoms with Crippen molar-refractivity contribution in [2.75, 3.05) is 29.9 Å². The summed E-state index contributed by atoms with van der Waals surface area (Å²) in [5.41, 5.74) is 2.27. The van der Waals surface area contributed by atoms with E-state index in [1.54, 1.807) is 36.0 Å². The van der Waals surface area contributed by atoms with Crippen molar-refractivity contribution in [3.63, 3.8) is 0 Å². The molecule has 10 nitrogen and oxygen atoms in total. The number of piperidine rings is 1. The fraction of sp³-hybridized carbons (Fsp3) is 0.414. The van der Waals surface area contributed by atoms with Crippen LogP contribution < -0.4 is 10.2 Å². The van der Waals surface area contributed by atoms with Crippen molar-refractivity contribution < 1.29 is 18.7 Å². The Balaban J connectivity index is 1.22. The number of likely N-dealkylation sites (tertiary alicyclic amines) is 1. The number of ether oxygens (including phenoxy) is 1. The molecular formula is C29H32FN7O3. The molecular weight excluding hydrogens is 513 g/mol. The lowest BCUT2D eigenvalue weighted by atomic mass is 9.76. The molecule has 0 radical (unpaired) electrons. The molecule has 0 bridgehead atoms. The number of aromatic nitrogens is 4. The number of carbonyl (C=O) groups is 2. The number of fused-ring (bicyclic) bond motifs is 2. The van der Waals surface area contributed by atoms with E-state index in [0.717, 1.165) is 43.4 Å². The summed E-state index contributed by atoms with van der Waals surface area (Å²) in [5, 5.41) is 11.9. The van der Waals surface area contributed by atoms with Gasteiger partial charge < -0.3 is 24.3 Å². The highest BCUT2D eigenvalue weighted by molar-refractivity contribution is 6.13. The molecule has 2 fully saturated rings. The quantitative estimate of drug-likeness (QED) is 0.388. The third-order valence-corrected chi connectivity index (χ3v) is 7.81. The number of halogens is 1. The minimum Gasteiger partial charge on any atom is -0.444 e. The SMILES string of the molecule is Cc1cn2cc(NC(=O)c3ccc(N4CCC5(CC4)CCN5C(=O)OC(C)(C)C)c4ccnnc34)cc(F)c2n1. The predicted octanol–water partition coefficient (Wildman–Crippen LogP) is 4.96. The lowest BCUT2D eigenvalue weighted by Gasteiger charge is -2.56. The van der Waals surface area contributed by atoms with E-state index >= 15 is 0 Å². The van der Waals surface area contributed by atoms with Gasteiger partial charge in [0.05, 0.1) is 28.7 Å². The second-order valence-electron chi connectivity index (χ2n) is 11.7. The average molecular weight is 546 g/mol. The van der Waals surface area contributed by atoms with Crippen molar-refractivity contribution in [1.82, 2.24) is 24.5 Å². The number of carbonyl (C=O) groups excluding carboxylic acids is 2. The Morgan fingerprint density at radius 1 is 1.07 bits per heavy atom. The van der Waals surface area contributed by atoms with Crippen LogP contribution in [-0.4, -0.2) is 67.3 Å². The van der Waals surface area contributed by atoms with Crippen molar-refractivity contribution in [1.29, 1.82) is 0 Å². The lowest BCUT2D eigenvalue weighted by Crippen LogP contribution is -2.66. The molecule has 3 aromatic heterocycles. The molecule has 208 valence electrons. The van der Waals surface area contributed by atoms with Gasteiger partial charge in [-0.1, -0.05) is 0 Å². The molecule has 1 spiro atoms. The Morgan fingerprint density at radius 3 is 2.52 bits per heavy atom. The van der Waals surface area contributed by atoms with Crippen molar-refractivity contribution in [3.8, 4) is 0 Å². The number of rotatable bonds is 3. The van der Waals surface area contributed by atoms with Crippen LogP contribution in [0.2, 0.25) is 0 Å². The summed E-state index contributed by atoms with van der Waals surface area (Å²) in [6, 6.07) is 6.77. The van der Waals surface area contributed by atoms with Crippen molar-refractivity contribution >= 4 is 39.9 Å². The van der Waals surface area contributed by atoms with Gasteiger partial charge in [0.15, 0.2) is 11.5 Å². The molecule has 2 saturated heterocycles. The molecule has 0 atom stereocenters. The molecule has 2 aliphatic heterocycles. The smallest absolute Gasteiger partial charge is 0.410 e. The maximum Gasteiger partial charge on any atom is 0.410 e. The first-order valence-corrected chi connectivity index (χ1v) is 13.5. The van der Waals surface area contributed by atoms with E-state index in [1.807, 2.05) is 37.8 Å². The molecule has 0 saturated carbocycles. The zero-order chi connectivity index (χ0) is 28.2. The number of benzene rings is 1. The van der Waals surface area contributed by atoms with Crippen LogP contribution in [0.1, 0.15) is 56.1 Å². The highest BCUT2D eigenvalue weighted by Gasteiger charge is 2.50. The second-order valence-corrected chi connectivity index (χ2v) is 11.7. The maximum absolute atomic E-state index is 14.6. The average Bonchev–Trinajstić information content (AvgIpc) is 3.27. The fourth-order valence-corrected chi connectivity index (χ4v) is 5.80. The van der Waals surface area contributed by atoms with Crippen LogP contribution in [0.15, 0.2) is 42.9 Å². The molecule has 40 heavy (non-hydrogen) atoms. The monoisotopic (exact) mass is 545 g/mol. The van der Waals surface area contributed by atoms with Crippen LogP contribution in [0.4, 0.5) is 20.6 Å². The Hall–Kier alpha value is -4.28. The van der Waals surface area contributed by atoms with E-state index in [9.17, 15) is 14.0 Å². The highest BCUT2D eigenvalue weighted by atomic mass is 19.1. The van der Waals surface area contributed by atoms with Gasteiger partial charge in [0.2, 0.25) is 0 Å². The summed E-state index contributed by atoms with van der Waals surface area (Å²) < 4.78 is 21.8. The van der Waals surface area contributed by atoms with Crippen LogP contribution in [0.25, 0.3) is 16.6 Å². The molecule has 2 aliphatic rings. The molecule has 1 aromatic carbocycles. The molecule has 6 rings (SSSR count). The van der Waals surface area contributed by atoms with Gasteiger partial charge in [-0.3, -0.25) is 4.79 Å². The maximum atomic E-state index is 14.6. The van der Waals surface area contributed by atoms with E-state index in [2.05, 4.69) is 25.4 Å². The van der Waals surface area contributed by atoms with Gasteiger partial charge in [-0.25, -0.2) is 14.2 Å². The minimum atomic E-state index is -0.526. The third kappa shape index (κ3) is 4.59. The second kappa shape index (κ2) is 9.42. The van der Waals surface area contributed by atoms with Gasteiger partial charge in [-0.05, 0) is 65.2 Å². The summed E-state index contributed by atoms with van der Waals surface area (Å²) in [4.78, 5) is 34.4. The van der Waals surface area contributed by atoms with Crippen LogP contribution in [0.5, 0.6) is 0 Å². The number of hydrogen-bond acceptors (Lipinski definition) is 7. The standard InChI is InChI=1S/C29H32FN7O3/c1-18-16-36-17-19(15-22(30)25(36)32-18)33-26(38)21-5-6-23(20-7-11-31-34-24(20)21)35-12-8-29(9-13-35)10-14-37(29)27(39)40-28(2,3)4/h5-7,11,15-17H,8-10,12-14H2,1-4H3,(H,33,38). The zero-order valence-electron chi connectivity index (χ0n) is 23.1. The number of pyridine rings is 1. The molecule has 11 heteroatoms. The molecule has 4 aromatic rings. The summed E-state index contributed by atoms with van der Waals surface area (Å²) in [6.45, 7) is 9.66. The Kier molecular flexibility index (Phi) is 6.12. The van der Waals surface area contributed by atoms with Crippen molar-refractivity contribution in [3.05, 3.63) is 59.9 Å². The molecule has 1 N–H and O–H groups in total. The van der Waals surface area contributed by atoms with E-state index in [4.69, 9.17) is 4.74 Å². The number of amides is 2. The number of hydrogen-bond donors (Lipinski definition) is 1. The molecule has 5 heterocycles. The van der Waals surface area contributed by atoms with Gasteiger partial charge in [0.25, 0.3) is 5.91 Å². The van der Waals surface area contributed by atoms with E-state index in [1.165, 1.54) is 6.07 Å². The Morgan fingerprint density at radius 2 is 1.82 bits per heavy atom. The van der Waals surface area contributed by atoms with Gasteiger partial charge in [-0.2, -0.15) is 5.10 Å². The molecule has 2 amide bonds. The minimum absolute atomic E-state index is 0.168. The van der Waals surface area contributed by atoms with Crippen molar-refractivity contribution in [2.24, 2.45) is 0 Å². The number of nitrogens with one attached hydrogen (secondary N) is 1. The number of anilines is 2. The summed E-state index contributed by atoms with van der Waals surface area (Å²) in [7, 11) is 0. The highest BCUT2D eigenvalue weighted by Crippen LogP contribution is 2.42. The first-order valence-electron chi connectivity index (χ1n) is 13.5. The third-order valence-electron chi connectivity index (χ3n) is 7.81. The fourth-order valence-electron chi connectivity index (χ4n) is 5.80. The van der Waals surface area contributed by atoms with Crippen molar-refractivity contribution in [2.45, 2.75) is 58.1 Å². The molecule has 0 unspecified atom stereocenters. The summed E-state index contributed by atoms with van der Waals surface area (Å²) >= 11 is 0. The van der Waals surface area contributed by atoms with Gasteiger partial charge in [-0.15, -0.1) is 5.10 Å². The first-order chi connectivity index (χ1) is 19.0. The lowest BCUT2D eigenvalue weighted by molar-refractivity contribution is -0.0541. The number of imidazole rings is 1. The normalized spacial score (nSPS) is 16.8. The predicted molar refractivity (Wildman–Crippen MR) is 149 cm³/mol. The summed E-state index contributed by atoms with van der Waals surface area (Å²) in [6.07, 6.45) is 7.32. The zero-order valence-corrected chi connectivity index (χ0v) is 23.1. The van der Waals surface area contributed by atoms with Gasteiger partial charge >= 0.3 is 6.09 Å². The van der Waals surface area contributed by atoms with Crippen LogP contribution in [-0.2, 0) is 4.74 Å². The summed E-state index contributed by atoms with van der Waals surface area (Å²) in [5.74, 6) is -0.932. The first kappa shape index (κ1) is 26.0. The number of aryl methyl sites for hydroxylation is 1.